The van der Waals surface area contributed by atoms with Gasteiger partial charge in [0.25, 0.3) is 5.88 Å². The molecule has 1 N–H and O–H groups in total. The smallest absolute Gasteiger partial charge is 0.265 e. The number of fused-ring (bicyclic) bond motifs is 4. The molecule has 1 fully saturated rings. The number of ketones is 2. The van der Waals surface area contributed by atoms with Crippen molar-refractivity contribution >= 4 is 25.6 Å². The maximum atomic E-state index is 15.7. The first-order valence-electron chi connectivity index (χ1n) is 19.4. The van der Waals surface area contributed by atoms with Crippen LogP contribution in [0.3, 0.4) is 0 Å². The fourth-order valence-corrected chi connectivity index (χ4v) is 9.29. The number of aromatic nitrogens is 1. The van der Waals surface area contributed by atoms with Crippen LogP contribution in [-0.4, -0.2) is 81.2 Å². The third-order valence-electron chi connectivity index (χ3n) is 11.7. The van der Waals surface area contributed by atoms with Gasteiger partial charge in [-0.2, -0.15) is 0 Å². The maximum absolute atomic E-state index is 15.7. The molecule has 3 aliphatic rings. The number of hydrogen-bond acceptors (Lipinski definition) is 11. The SMILES string of the molecule is CCCCOc1cc(C(C)OC)c(OC(C)C)c2c1C(O)=C1C(=O)[C@]3(O[Si](C)(C)C(C)(C)C)C(=O)c4c(OCCCC)noc4[C@@H](N(C)C)[C@@H]3C[C@@H]1C2. The van der Waals surface area contributed by atoms with Gasteiger partial charge in [-0.25, -0.2) is 0 Å². The van der Waals surface area contributed by atoms with Crippen molar-refractivity contribution < 1.29 is 42.6 Å². The van der Waals surface area contributed by atoms with Gasteiger partial charge in [-0.15, -0.1) is 0 Å². The Bertz CT molecular complexity index is 1720. The van der Waals surface area contributed by atoms with Crippen molar-refractivity contribution in [3.8, 4) is 17.4 Å². The molecule has 1 saturated carbocycles. The molecular weight excluding hydrogens is 693 g/mol. The molecule has 1 heterocycles. The predicted molar refractivity (Wildman–Crippen MR) is 207 cm³/mol. The van der Waals surface area contributed by atoms with Crippen LogP contribution in [0.2, 0.25) is 18.1 Å². The Kier molecular flexibility index (Phi) is 12.0. The number of unbranched alkanes of at least 4 members (excludes halogenated alkanes) is 2. The van der Waals surface area contributed by atoms with Crippen LogP contribution < -0.4 is 14.2 Å². The molecule has 2 aromatic rings. The Morgan fingerprint density at radius 2 is 1.68 bits per heavy atom. The minimum Gasteiger partial charge on any atom is -0.507 e. The second-order valence-corrected chi connectivity index (χ2v) is 21.7. The molecule has 1 aromatic carbocycles. The Morgan fingerprint density at radius 1 is 1.04 bits per heavy atom. The first-order chi connectivity index (χ1) is 24.9. The summed E-state index contributed by atoms with van der Waals surface area (Å²) in [7, 11) is 2.62. The van der Waals surface area contributed by atoms with Gasteiger partial charge in [-0.1, -0.05) is 47.5 Å². The van der Waals surface area contributed by atoms with Crippen molar-refractivity contribution in [1.29, 1.82) is 0 Å². The van der Waals surface area contributed by atoms with Gasteiger partial charge in [-0.05, 0) is 95.8 Å². The molecule has 0 saturated heterocycles. The van der Waals surface area contributed by atoms with Gasteiger partial charge in [0.15, 0.2) is 19.7 Å². The van der Waals surface area contributed by atoms with Crippen LogP contribution in [0.1, 0.15) is 132 Å². The van der Waals surface area contributed by atoms with Crippen LogP contribution in [0.25, 0.3) is 5.76 Å². The number of Topliss-reactive ketones (excluding diaryl/α,β-unsaturated/α-hetero) is 2. The molecule has 11 nitrogen and oxygen atoms in total. The standard InChI is InChI=1S/C41H62N2O9Si/c1-14-16-18-48-29-22-26(24(5)47-11)35(50-23(3)4)27-20-25-21-28-33(43(9)10)36-32(39(42-51-36)49-19-17-15-2)38(46)41(28,52-53(12,13)40(6,7)8)37(45)30(25)34(44)31(27)29/h22-25,28,33,44H,14-21H2,1-13H3/t24?,25-,28-,33-,41-/m0/s1. The predicted octanol–water partition coefficient (Wildman–Crippen LogP) is 8.82. The van der Waals surface area contributed by atoms with Crippen molar-refractivity contribution in [1.82, 2.24) is 10.1 Å². The van der Waals surface area contributed by atoms with Gasteiger partial charge in [0.2, 0.25) is 11.6 Å². The summed E-state index contributed by atoms with van der Waals surface area (Å²) >= 11 is 0. The second kappa shape index (κ2) is 15.5. The van der Waals surface area contributed by atoms with Crippen LogP contribution in [0, 0.1) is 11.8 Å². The Morgan fingerprint density at radius 3 is 2.25 bits per heavy atom. The summed E-state index contributed by atoms with van der Waals surface area (Å²) in [5.74, 6) is -0.823. The first-order valence-corrected chi connectivity index (χ1v) is 22.3. The molecule has 12 heteroatoms. The number of carbonyl (C=O) groups excluding carboxylic acids is 2. The molecule has 3 aliphatic carbocycles. The number of hydrogen-bond donors (Lipinski definition) is 1. The van der Waals surface area contributed by atoms with Crippen molar-refractivity contribution in [2.45, 2.75) is 136 Å². The lowest BCUT2D eigenvalue weighted by molar-refractivity contribution is -0.140. The highest BCUT2D eigenvalue weighted by molar-refractivity contribution is 6.74. The largest absolute Gasteiger partial charge is 0.507 e. The average Bonchev–Trinajstić information content (AvgIpc) is 3.49. The number of carbonyl (C=O) groups is 2. The fraction of sp³-hybridized carbons (Fsp3) is 0.683. The lowest BCUT2D eigenvalue weighted by atomic mass is 9.57. The Labute approximate surface area is 316 Å². The minimum atomic E-state index is -2.86. The number of aliphatic hydroxyl groups is 1. The van der Waals surface area contributed by atoms with Crippen LogP contribution in [0.5, 0.6) is 17.4 Å². The Balaban J connectivity index is 1.82. The number of nitrogens with zero attached hydrogens (tertiary/aromatic N) is 2. The molecule has 5 atom stereocenters. The summed E-state index contributed by atoms with van der Waals surface area (Å²) in [6, 6.07) is 1.32. The molecule has 0 spiro atoms. The van der Waals surface area contributed by atoms with E-state index in [9.17, 15) is 5.11 Å². The zero-order valence-corrected chi connectivity index (χ0v) is 35.2. The molecule has 0 amide bonds. The maximum Gasteiger partial charge on any atom is 0.265 e. The monoisotopic (exact) mass is 754 g/mol. The van der Waals surface area contributed by atoms with Crippen molar-refractivity contribution in [2.75, 3.05) is 34.4 Å². The van der Waals surface area contributed by atoms with E-state index in [0.717, 1.165) is 36.8 Å². The highest BCUT2D eigenvalue weighted by Crippen LogP contribution is 2.60. The average molecular weight is 755 g/mol. The van der Waals surface area contributed by atoms with Gasteiger partial charge in [-0.3, -0.25) is 14.5 Å². The van der Waals surface area contributed by atoms with Gasteiger partial charge in [0, 0.05) is 29.7 Å². The zero-order chi connectivity index (χ0) is 39.2. The van der Waals surface area contributed by atoms with E-state index in [2.05, 4.69) is 52.9 Å². The van der Waals surface area contributed by atoms with E-state index in [-0.39, 0.29) is 40.0 Å². The van der Waals surface area contributed by atoms with E-state index < -0.39 is 43.4 Å². The van der Waals surface area contributed by atoms with Gasteiger partial charge < -0.3 is 33.0 Å². The van der Waals surface area contributed by atoms with Crippen molar-refractivity contribution in [3.63, 3.8) is 0 Å². The summed E-state index contributed by atoms with van der Waals surface area (Å²) < 4.78 is 38.0. The van der Waals surface area contributed by atoms with Gasteiger partial charge in [0.1, 0.15) is 22.8 Å². The third-order valence-corrected chi connectivity index (χ3v) is 16.1. The van der Waals surface area contributed by atoms with E-state index >= 15 is 9.59 Å². The number of benzene rings is 1. The first kappa shape index (κ1) is 41.0. The Hall–Kier alpha value is -3.19. The topological polar surface area (TPSA) is 130 Å². The molecule has 5 rings (SSSR count). The molecule has 0 radical (unpaired) electrons. The summed E-state index contributed by atoms with van der Waals surface area (Å²) in [6.07, 6.45) is 3.62. The highest BCUT2D eigenvalue weighted by Gasteiger charge is 2.69. The third kappa shape index (κ3) is 7.09. The van der Waals surface area contributed by atoms with E-state index in [4.69, 9.17) is 27.9 Å². The molecule has 0 bridgehead atoms. The highest BCUT2D eigenvalue weighted by atomic mass is 28.4. The lowest BCUT2D eigenvalue weighted by Crippen LogP contribution is -2.68. The molecule has 53 heavy (non-hydrogen) atoms. The van der Waals surface area contributed by atoms with Crippen LogP contribution >= 0.6 is 0 Å². The van der Waals surface area contributed by atoms with Crippen LogP contribution in [0.15, 0.2) is 16.2 Å². The number of aliphatic hydroxyl groups excluding tert-OH is 1. The summed E-state index contributed by atoms with van der Waals surface area (Å²) in [4.78, 5) is 33.1. The molecule has 0 aliphatic heterocycles. The van der Waals surface area contributed by atoms with Crippen LogP contribution in [-0.2, 0) is 20.4 Å². The van der Waals surface area contributed by atoms with Gasteiger partial charge in [0.05, 0.1) is 37.0 Å². The second-order valence-electron chi connectivity index (χ2n) is 17.0. The van der Waals surface area contributed by atoms with Crippen molar-refractivity contribution in [2.24, 2.45) is 11.8 Å². The van der Waals surface area contributed by atoms with E-state index in [1.807, 2.05) is 45.8 Å². The normalized spacial score (nSPS) is 23.5. The summed E-state index contributed by atoms with van der Waals surface area (Å²) in [5, 5.41) is 16.5. The van der Waals surface area contributed by atoms with E-state index in [0.29, 0.717) is 48.9 Å². The lowest BCUT2D eigenvalue weighted by Gasteiger charge is -2.55. The molecule has 1 unspecified atom stereocenters. The zero-order valence-electron chi connectivity index (χ0n) is 34.2. The number of rotatable bonds is 15. The minimum absolute atomic E-state index is 0.0750. The van der Waals surface area contributed by atoms with Crippen molar-refractivity contribution in [3.05, 3.63) is 39.7 Å². The number of methoxy groups -OCH3 is 1. The molecule has 294 valence electrons. The fourth-order valence-electron chi connectivity index (χ4n) is 7.84. The summed E-state index contributed by atoms with van der Waals surface area (Å²) in [6.45, 7) is 21.2. The quantitative estimate of drug-likeness (QED) is 0.106. The van der Waals surface area contributed by atoms with E-state index in [1.54, 1.807) is 7.11 Å². The van der Waals surface area contributed by atoms with Crippen LogP contribution in [0.4, 0.5) is 0 Å². The summed E-state index contributed by atoms with van der Waals surface area (Å²) in [5.41, 5.74) is 0.371. The molecule has 1 aromatic heterocycles. The number of ether oxygens (including phenoxy) is 4. The van der Waals surface area contributed by atoms with Gasteiger partial charge >= 0.3 is 0 Å². The molecular formula is C41H62N2O9Si. The van der Waals surface area contributed by atoms with E-state index in [1.165, 1.54) is 0 Å².